The van der Waals surface area contributed by atoms with Crippen LogP contribution in [0, 0.1) is 5.82 Å². The molecule has 0 saturated carbocycles. The Bertz CT molecular complexity index is 966. The lowest BCUT2D eigenvalue weighted by Crippen LogP contribution is -2.10. The van der Waals surface area contributed by atoms with E-state index >= 15 is 0 Å². The minimum absolute atomic E-state index is 0.0208. The van der Waals surface area contributed by atoms with Crippen molar-refractivity contribution in [3.05, 3.63) is 76.1 Å². The summed E-state index contributed by atoms with van der Waals surface area (Å²) in [7, 11) is 1.18. The number of phenolic OH excluding ortho intramolecular Hbond substituents is 1. The first kappa shape index (κ1) is 17.8. The fourth-order valence-corrected chi connectivity index (χ4v) is 3.31. The van der Waals surface area contributed by atoms with Gasteiger partial charge in [0.15, 0.2) is 0 Å². The summed E-state index contributed by atoms with van der Waals surface area (Å²) < 4.78 is 18.6. The first-order chi connectivity index (χ1) is 12.5. The van der Waals surface area contributed by atoms with E-state index in [1.54, 1.807) is 24.3 Å². The van der Waals surface area contributed by atoms with Gasteiger partial charge in [-0.3, -0.25) is 0 Å². The lowest BCUT2D eigenvalue weighted by Gasteiger charge is -2.02. The van der Waals surface area contributed by atoms with Gasteiger partial charge >= 0.3 is 5.97 Å². The molecule has 0 atom stereocenters. The maximum absolute atomic E-state index is 13.9. The number of rotatable bonds is 3. The van der Waals surface area contributed by atoms with Crippen LogP contribution in [0.15, 0.2) is 69.8 Å². The maximum atomic E-state index is 13.9. The highest BCUT2D eigenvalue weighted by Crippen LogP contribution is 2.41. The van der Waals surface area contributed by atoms with E-state index in [0.717, 1.165) is 11.8 Å². The van der Waals surface area contributed by atoms with E-state index in [0.29, 0.717) is 10.5 Å². The Kier molecular flexibility index (Phi) is 5.09. The second kappa shape index (κ2) is 7.45. The third kappa shape index (κ3) is 3.48. The van der Waals surface area contributed by atoms with E-state index < -0.39 is 11.8 Å². The number of methoxy groups -OCH3 is 1. The summed E-state index contributed by atoms with van der Waals surface area (Å²) in [6, 6.07) is 12.4. The van der Waals surface area contributed by atoms with Gasteiger partial charge in [-0.05, 0) is 24.3 Å². The first-order valence-corrected chi connectivity index (χ1v) is 8.36. The number of esters is 1. The molecule has 0 bridgehead atoms. The van der Waals surface area contributed by atoms with Gasteiger partial charge in [-0.1, -0.05) is 42.1 Å². The molecule has 2 aromatic carbocycles. The van der Waals surface area contributed by atoms with E-state index in [9.17, 15) is 19.4 Å². The smallest absolute Gasteiger partial charge is 0.344 e. The van der Waals surface area contributed by atoms with Crippen molar-refractivity contribution in [1.82, 2.24) is 0 Å². The van der Waals surface area contributed by atoms with Crippen LogP contribution in [0.25, 0.3) is 6.08 Å². The summed E-state index contributed by atoms with van der Waals surface area (Å²) in [4.78, 5) is 16.5. The first-order valence-electron chi connectivity index (χ1n) is 7.54. The average Bonchev–Trinajstić information content (AvgIpc) is 2.93. The Morgan fingerprint density at radius 2 is 1.85 bits per heavy atom. The third-order valence-electron chi connectivity index (χ3n) is 3.58. The van der Waals surface area contributed by atoms with Crippen LogP contribution < -0.4 is 0 Å². The van der Waals surface area contributed by atoms with Crippen LogP contribution in [0.3, 0.4) is 0 Å². The van der Waals surface area contributed by atoms with Crippen LogP contribution in [-0.2, 0) is 9.53 Å². The molecule has 0 unspecified atom stereocenters. The summed E-state index contributed by atoms with van der Waals surface area (Å²) in [5, 5.41) is 20.5. The highest BCUT2D eigenvalue weighted by Gasteiger charge is 2.33. The highest BCUT2D eigenvalue weighted by molar-refractivity contribution is 8.18. The minimum Gasteiger partial charge on any atom is -0.507 e. The molecular formula is C19H14FNO4S. The van der Waals surface area contributed by atoms with Crippen molar-refractivity contribution in [3.8, 4) is 5.75 Å². The molecule has 132 valence electrons. The molecule has 1 heterocycles. The highest BCUT2D eigenvalue weighted by atomic mass is 32.2. The number of carbonyl (C=O) groups is 1. The molecule has 0 saturated heterocycles. The summed E-state index contributed by atoms with van der Waals surface area (Å²) in [5.41, 5.74) is 0.341. The number of ether oxygens (including phenoxy) is 1. The molecule has 3 rings (SSSR count). The summed E-state index contributed by atoms with van der Waals surface area (Å²) in [6.07, 6.45) is 1.52. The van der Waals surface area contributed by atoms with Crippen molar-refractivity contribution >= 4 is 34.5 Å². The van der Waals surface area contributed by atoms with Crippen LogP contribution in [0.4, 0.5) is 10.1 Å². The summed E-state index contributed by atoms with van der Waals surface area (Å²) in [6.45, 7) is 0. The van der Waals surface area contributed by atoms with Gasteiger partial charge in [0.2, 0.25) is 0 Å². The molecule has 1 aliphatic rings. The van der Waals surface area contributed by atoms with Gasteiger partial charge in [0.05, 0.1) is 12.0 Å². The van der Waals surface area contributed by atoms with E-state index in [2.05, 4.69) is 4.99 Å². The number of aliphatic hydroxyl groups excluding tert-OH is 1. The number of carbonyl (C=O) groups excluding carboxylic acids is 1. The number of hydrogen-bond donors (Lipinski definition) is 2. The van der Waals surface area contributed by atoms with E-state index in [-0.39, 0.29) is 27.8 Å². The second-order valence-corrected chi connectivity index (χ2v) is 6.28. The molecule has 1 aliphatic heterocycles. The SMILES string of the molecule is COC(=O)C1=C(O)C(=Cc2ccccc2O)SC1=Nc1ccccc1F. The zero-order chi connectivity index (χ0) is 18.7. The molecule has 2 N–H and O–H groups in total. The third-order valence-corrected chi connectivity index (χ3v) is 4.60. The zero-order valence-corrected chi connectivity index (χ0v) is 14.5. The number of para-hydroxylation sites is 2. The monoisotopic (exact) mass is 371 g/mol. The van der Waals surface area contributed by atoms with Crippen LogP contribution in [0.2, 0.25) is 0 Å². The van der Waals surface area contributed by atoms with Gasteiger partial charge in [-0.2, -0.15) is 0 Å². The van der Waals surface area contributed by atoms with E-state index in [4.69, 9.17) is 4.74 Å². The molecule has 2 aromatic rings. The Labute approximate surface area is 153 Å². The maximum Gasteiger partial charge on any atom is 0.344 e. The average molecular weight is 371 g/mol. The standard InChI is InChI=1S/C19H14FNO4S/c1-25-19(24)16-17(23)15(10-11-6-2-5-9-14(11)22)26-18(16)21-13-8-4-3-7-12(13)20/h2-10,22-23H,1H3. The van der Waals surface area contributed by atoms with Crippen LogP contribution >= 0.6 is 11.8 Å². The molecule has 0 radical (unpaired) electrons. The quantitative estimate of drug-likeness (QED) is 0.785. The van der Waals surface area contributed by atoms with Crippen LogP contribution in [0.1, 0.15) is 5.56 Å². The number of hydrogen-bond acceptors (Lipinski definition) is 6. The Morgan fingerprint density at radius 1 is 1.15 bits per heavy atom. The van der Waals surface area contributed by atoms with Gasteiger partial charge in [-0.25, -0.2) is 14.2 Å². The van der Waals surface area contributed by atoms with Crippen molar-refractivity contribution in [3.63, 3.8) is 0 Å². The molecule has 0 amide bonds. The van der Waals surface area contributed by atoms with Crippen LogP contribution in [-0.4, -0.2) is 28.3 Å². The Hall–Kier alpha value is -3.06. The van der Waals surface area contributed by atoms with Crippen molar-refractivity contribution < 1.29 is 24.1 Å². The number of halogens is 1. The summed E-state index contributed by atoms with van der Waals surface area (Å²) in [5.74, 6) is -1.65. The van der Waals surface area contributed by atoms with Gasteiger partial charge < -0.3 is 14.9 Å². The molecule has 5 nitrogen and oxygen atoms in total. The number of aromatic hydroxyl groups is 1. The number of phenols is 1. The number of aliphatic hydroxyl groups is 1. The van der Waals surface area contributed by atoms with Gasteiger partial charge in [-0.15, -0.1) is 0 Å². The number of aliphatic imine (C=N–C) groups is 1. The Balaban J connectivity index is 2.09. The van der Waals surface area contributed by atoms with Crippen molar-refractivity contribution in [1.29, 1.82) is 0 Å². The van der Waals surface area contributed by atoms with Gasteiger partial charge in [0, 0.05) is 5.56 Å². The molecule has 7 heteroatoms. The fourth-order valence-electron chi connectivity index (χ4n) is 2.29. The number of nitrogens with zero attached hydrogens (tertiary/aromatic N) is 1. The summed E-state index contributed by atoms with van der Waals surface area (Å²) >= 11 is 0.986. The topological polar surface area (TPSA) is 79.1 Å². The fraction of sp³-hybridized carbons (Fsp3) is 0.0526. The predicted molar refractivity (Wildman–Crippen MR) is 98.8 cm³/mol. The van der Waals surface area contributed by atoms with Crippen LogP contribution in [0.5, 0.6) is 5.75 Å². The molecule has 26 heavy (non-hydrogen) atoms. The van der Waals surface area contributed by atoms with Crippen molar-refractivity contribution in [2.45, 2.75) is 0 Å². The number of benzene rings is 2. The molecule has 0 aromatic heterocycles. The van der Waals surface area contributed by atoms with Crippen molar-refractivity contribution in [2.75, 3.05) is 7.11 Å². The molecule has 0 spiro atoms. The second-order valence-electron chi connectivity index (χ2n) is 5.25. The Morgan fingerprint density at radius 3 is 2.54 bits per heavy atom. The van der Waals surface area contributed by atoms with Gasteiger partial charge in [0.25, 0.3) is 0 Å². The minimum atomic E-state index is -0.786. The van der Waals surface area contributed by atoms with E-state index in [1.807, 2.05) is 0 Å². The molecular weight excluding hydrogens is 357 g/mol. The van der Waals surface area contributed by atoms with Gasteiger partial charge in [0.1, 0.15) is 33.6 Å². The number of thioether (sulfide) groups is 1. The predicted octanol–water partition coefficient (Wildman–Crippen LogP) is 4.33. The zero-order valence-electron chi connectivity index (χ0n) is 13.6. The lowest BCUT2D eigenvalue weighted by molar-refractivity contribution is -0.135. The lowest BCUT2D eigenvalue weighted by atomic mass is 10.1. The van der Waals surface area contributed by atoms with E-state index in [1.165, 1.54) is 37.5 Å². The largest absolute Gasteiger partial charge is 0.507 e. The van der Waals surface area contributed by atoms with Crippen molar-refractivity contribution in [2.24, 2.45) is 4.99 Å². The molecule has 0 aliphatic carbocycles. The molecule has 0 fully saturated rings. The normalized spacial score (nSPS) is 17.2.